The molecular formula is C9H12ClN3O. The van der Waals surface area contributed by atoms with Gasteiger partial charge in [0.25, 0.3) is 0 Å². The van der Waals surface area contributed by atoms with E-state index in [1.54, 1.807) is 12.3 Å². The normalized spacial score (nSPS) is 25.6. The molecule has 0 bridgehead atoms. The monoisotopic (exact) mass is 213 g/mol. The molecule has 4 N–H and O–H groups in total. The molecule has 1 aliphatic carbocycles. The molecule has 0 amide bonds. The summed E-state index contributed by atoms with van der Waals surface area (Å²) in [5.41, 5.74) is 6.06. The number of aliphatic hydroxyl groups is 1. The Kier molecular flexibility index (Phi) is 2.48. The minimum atomic E-state index is -0.181. The van der Waals surface area contributed by atoms with E-state index in [-0.39, 0.29) is 12.1 Å². The molecule has 0 unspecified atom stereocenters. The van der Waals surface area contributed by atoms with Crippen molar-refractivity contribution in [3.63, 3.8) is 0 Å². The van der Waals surface area contributed by atoms with Crippen LogP contribution in [0.1, 0.15) is 12.8 Å². The predicted octanol–water partition coefficient (Wildman–Crippen LogP) is 1.25. The highest BCUT2D eigenvalue weighted by molar-refractivity contribution is 6.33. The zero-order valence-electron chi connectivity index (χ0n) is 7.57. The third-order valence-electron chi connectivity index (χ3n) is 2.32. The third kappa shape index (κ3) is 1.91. The lowest BCUT2D eigenvalue weighted by Crippen LogP contribution is -2.39. The van der Waals surface area contributed by atoms with Crippen molar-refractivity contribution in [2.75, 3.05) is 11.1 Å². The quantitative estimate of drug-likeness (QED) is 0.692. The summed E-state index contributed by atoms with van der Waals surface area (Å²) in [6.45, 7) is 0. The molecule has 2 rings (SSSR count). The van der Waals surface area contributed by atoms with Gasteiger partial charge in [0, 0.05) is 6.04 Å². The van der Waals surface area contributed by atoms with Gasteiger partial charge < -0.3 is 16.2 Å². The number of nitrogen functional groups attached to an aromatic ring is 1. The SMILES string of the molecule is Nc1cnc(NC2CC(O)C2)c(Cl)c1. The maximum absolute atomic E-state index is 9.10. The van der Waals surface area contributed by atoms with Crippen molar-refractivity contribution in [2.45, 2.75) is 25.0 Å². The summed E-state index contributed by atoms with van der Waals surface area (Å²) in [6, 6.07) is 1.94. The van der Waals surface area contributed by atoms with Gasteiger partial charge in [0.05, 0.1) is 23.0 Å². The first-order valence-corrected chi connectivity index (χ1v) is 4.88. The van der Waals surface area contributed by atoms with Crippen molar-refractivity contribution in [1.29, 1.82) is 0 Å². The van der Waals surface area contributed by atoms with Gasteiger partial charge in [0.2, 0.25) is 0 Å². The van der Waals surface area contributed by atoms with Crippen molar-refractivity contribution in [1.82, 2.24) is 4.98 Å². The number of hydrogen-bond acceptors (Lipinski definition) is 4. The van der Waals surface area contributed by atoms with Gasteiger partial charge in [0.15, 0.2) is 0 Å². The maximum Gasteiger partial charge on any atom is 0.145 e. The largest absolute Gasteiger partial charge is 0.397 e. The zero-order valence-corrected chi connectivity index (χ0v) is 8.33. The van der Waals surface area contributed by atoms with Crippen molar-refractivity contribution in [2.24, 2.45) is 0 Å². The number of rotatable bonds is 2. The molecule has 0 atom stereocenters. The fraction of sp³-hybridized carbons (Fsp3) is 0.444. The van der Waals surface area contributed by atoms with E-state index in [9.17, 15) is 0 Å². The van der Waals surface area contributed by atoms with Crippen LogP contribution < -0.4 is 11.1 Å². The molecule has 0 aliphatic heterocycles. The summed E-state index contributed by atoms with van der Waals surface area (Å²) in [6.07, 6.45) is 2.88. The number of pyridine rings is 1. The van der Waals surface area contributed by atoms with Crippen molar-refractivity contribution >= 4 is 23.1 Å². The van der Waals surface area contributed by atoms with Gasteiger partial charge in [-0.3, -0.25) is 0 Å². The molecule has 14 heavy (non-hydrogen) atoms. The highest BCUT2D eigenvalue weighted by Gasteiger charge is 2.27. The van der Waals surface area contributed by atoms with Crippen LogP contribution in [0.5, 0.6) is 0 Å². The zero-order chi connectivity index (χ0) is 10.1. The Morgan fingerprint density at radius 3 is 2.86 bits per heavy atom. The lowest BCUT2D eigenvalue weighted by Gasteiger charge is -2.32. The van der Waals surface area contributed by atoms with Crippen LogP contribution in [-0.4, -0.2) is 22.2 Å². The number of halogens is 1. The summed E-state index contributed by atoms with van der Waals surface area (Å²) in [4.78, 5) is 4.07. The molecule has 1 saturated carbocycles. The molecule has 0 radical (unpaired) electrons. The van der Waals surface area contributed by atoms with Crippen molar-refractivity contribution in [3.8, 4) is 0 Å². The lowest BCUT2D eigenvalue weighted by atomic mass is 9.89. The summed E-state index contributed by atoms with van der Waals surface area (Å²) >= 11 is 5.92. The Hall–Kier alpha value is -1.00. The van der Waals surface area contributed by atoms with Crippen LogP contribution in [0.3, 0.4) is 0 Å². The van der Waals surface area contributed by atoms with Gasteiger partial charge >= 0.3 is 0 Å². The molecule has 1 aromatic heterocycles. The molecule has 4 nitrogen and oxygen atoms in total. The van der Waals surface area contributed by atoms with Crippen LogP contribution in [0, 0.1) is 0 Å². The van der Waals surface area contributed by atoms with E-state index in [2.05, 4.69) is 10.3 Å². The number of hydrogen-bond donors (Lipinski definition) is 3. The first-order chi connectivity index (χ1) is 6.65. The molecule has 0 spiro atoms. The van der Waals surface area contributed by atoms with E-state index in [1.165, 1.54) is 0 Å². The smallest absolute Gasteiger partial charge is 0.145 e. The average Bonchev–Trinajstić information content (AvgIpc) is 2.06. The molecule has 76 valence electrons. The Morgan fingerprint density at radius 2 is 2.29 bits per heavy atom. The lowest BCUT2D eigenvalue weighted by molar-refractivity contribution is 0.0835. The fourth-order valence-electron chi connectivity index (χ4n) is 1.46. The van der Waals surface area contributed by atoms with Gasteiger partial charge in [-0.25, -0.2) is 4.98 Å². The third-order valence-corrected chi connectivity index (χ3v) is 2.60. The number of anilines is 2. The predicted molar refractivity (Wildman–Crippen MR) is 56.3 cm³/mol. The molecule has 1 fully saturated rings. The van der Waals surface area contributed by atoms with E-state index in [0.29, 0.717) is 16.5 Å². The Bertz CT molecular complexity index is 339. The van der Waals surface area contributed by atoms with Crippen LogP contribution >= 0.6 is 11.6 Å². The second kappa shape index (κ2) is 3.63. The van der Waals surface area contributed by atoms with E-state index >= 15 is 0 Å². The van der Waals surface area contributed by atoms with E-state index in [4.69, 9.17) is 22.4 Å². The van der Waals surface area contributed by atoms with Crippen molar-refractivity contribution < 1.29 is 5.11 Å². The number of nitrogens with two attached hydrogens (primary N) is 1. The number of nitrogens with one attached hydrogen (secondary N) is 1. The fourth-order valence-corrected chi connectivity index (χ4v) is 1.69. The molecule has 0 saturated heterocycles. The number of aromatic nitrogens is 1. The highest BCUT2D eigenvalue weighted by Crippen LogP contribution is 2.27. The van der Waals surface area contributed by atoms with E-state index in [1.807, 2.05) is 0 Å². The van der Waals surface area contributed by atoms with Crippen molar-refractivity contribution in [3.05, 3.63) is 17.3 Å². The summed E-state index contributed by atoms with van der Waals surface area (Å²) in [5, 5.41) is 12.8. The molecule has 1 heterocycles. The summed E-state index contributed by atoms with van der Waals surface area (Å²) in [7, 11) is 0. The van der Waals surface area contributed by atoms with Crippen LogP contribution in [0.15, 0.2) is 12.3 Å². The van der Waals surface area contributed by atoms with E-state index in [0.717, 1.165) is 12.8 Å². The molecule has 1 aromatic rings. The number of aliphatic hydroxyl groups excluding tert-OH is 1. The summed E-state index contributed by atoms with van der Waals surface area (Å²) < 4.78 is 0. The van der Waals surface area contributed by atoms with Gasteiger partial charge in [-0.05, 0) is 18.9 Å². The van der Waals surface area contributed by atoms with Crippen LogP contribution in [0.25, 0.3) is 0 Å². The maximum atomic E-state index is 9.10. The molecule has 1 aliphatic rings. The topological polar surface area (TPSA) is 71.2 Å². The Balaban J connectivity index is 2.02. The Labute approximate surface area is 87.1 Å². The number of nitrogens with zero attached hydrogens (tertiary/aromatic N) is 1. The highest BCUT2D eigenvalue weighted by atomic mass is 35.5. The van der Waals surface area contributed by atoms with Gasteiger partial charge in [0.1, 0.15) is 5.82 Å². The van der Waals surface area contributed by atoms with Gasteiger partial charge in [-0.2, -0.15) is 0 Å². The van der Waals surface area contributed by atoms with E-state index < -0.39 is 0 Å². The molecule has 0 aromatic carbocycles. The second-order valence-electron chi connectivity index (χ2n) is 3.57. The Morgan fingerprint density at radius 1 is 1.57 bits per heavy atom. The first kappa shape index (κ1) is 9.55. The summed E-state index contributed by atoms with van der Waals surface area (Å²) in [5.74, 6) is 0.637. The average molecular weight is 214 g/mol. The van der Waals surface area contributed by atoms with Gasteiger partial charge in [-0.1, -0.05) is 11.6 Å². The van der Waals surface area contributed by atoms with Crippen LogP contribution in [-0.2, 0) is 0 Å². The van der Waals surface area contributed by atoms with Crippen LogP contribution in [0.4, 0.5) is 11.5 Å². The first-order valence-electron chi connectivity index (χ1n) is 4.51. The van der Waals surface area contributed by atoms with Crippen LogP contribution in [0.2, 0.25) is 5.02 Å². The molecular weight excluding hydrogens is 202 g/mol. The molecule has 5 heteroatoms. The second-order valence-corrected chi connectivity index (χ2v) is 3.97. The van der Waals surface area contributed by atoms with Gasteiger partial charge in [-0.15, -0.1) is 0 Å². The standard InChI is InChI=1S/C9H12ClN3O/c10-8-1-5(11)4-12-9(8)13-6-2-7(14)3-6/h1,4,6-7,14H,2-3,11H2,(H,12,13). The minimum Gasteiger partial charge on any atom is -0.397 e. The minimum absolute atomic E-state index is 0.181.